The van der Waals surface area contributed by atoms with Gasteiger partial charge in [-0.2, -0.15) is 0 Å². The van der Waals surface area contributed by atoms with Crippen LogP contribution in [0.2, 0.25) is 0 Å². The predicted molar refractivity (Wildman–Crippen MR) is 143 cm³/mol. The number of aromatic nitrogens is 2. The van der Waals surface area contributed by atoms with Gasteiger partial charge in [0.25, 0.3) is 0 Å². The lowest BCUT2D eigenvalue weighted by Gasteiger charge is -2.21. The molecule has 0 aliphatic carbocycles. The van der Waals surface area contributed by atoms with Gasteiger partial charge in [-0.3, -0.25) is 0 Å². The number of rotatable bonds is 2. The van der Waals surface area contributed by atoms with E-state index in [-0.39, 0.29) is 0 Å². The first kappa shape index (κ1) is 19.6. The molecule has 0 unspecified atom stereocenters. The van der Waals surface area contributed by atoms with Crippen LogP contribution in [-0.4, -0.2) is 22.1 Å². The van der Waals surface area contributed by atoms with Gasteiger partial charge in [0, 0.05) is 29.2 Å². The van der Waals surface area contributed by atoms with Crippen LogP contribution in [0.25, 0.3) is 43.6 Å². The lowest BCUT2D eigenvalue weighted by Crippen LogP contribution is -2.30. The Balaban J connectivity index is 1.48. The Kier molecular flexibility index (Phi) is 4.63. The summed E-state index contributed by atoms with van der Waals surface area (Å²) in [4.78, 5) is 12.0. The van der Waals surface area contributed by atoms with Crippen molar-refractivity contribution in [1.82, 2.24) is 9.97 Å². The Morgan fingerprint density at radius 3 is 1.85 bits per heavy atom. The molecule has 1 N–H and O–H groups in total. The quantitative estimate of drug-likeness (QED) is 0.178. The van der Waals surface area contributed by atoms with Gasteiger partial charge in [-0.1, -0.05) is 66.7 Å². The van der Waals surface area contributed by atoms with Crippen LogP contribution in [0.1, 0.15) is 0 Å². The summed E-state index contributed by atoms with van der Waals surface area (Å²) in [5.74, 6) is 0. The molecule has 158 valence electrons. The van der Waals surface area contributed by atoms with Gasteiger partial charge in [0.15, 0.2) is 5.11 Å². The number of nitrogens with one attached hydrogen (secondary N) is 1. The molecule has 1 heterocycles. The molecule has 0 saturated heterocycles. The van der Waals surface area contributed by atoms with E-state index < -0.39 is 0 Å². The second kappa shape index (κ2) is 7.80. The number of benzene rings is 5. The highest BCUT2D eigenvalue weighted by atomic mass is 32.1. The van der Waals surface area contributed by atoms with E-state index in [1.54, 1.807) is 0 Å². The Morgan fingerprint density at radius 1 is 0.667 bits per heavy atom. The topological polar surface area (TPSA) is 41.0 Å². The van der Waals surface area contributed by atoms with Crippen LogP contribution >= 0.6 is 12.2 Å². The summed E-state index contributed by atoms with van der Waals surface area (Å²) in [6.45, 7) is 0. The lowest BCUT2D eigenvalue weighted by molar-refractivity contribution is 1.28. The maximum absolute atomic E-state index is 5.64. The lowest BCUT2D eigenvalue weighted by atomic mass is 9.99. The van der Waals surface area contributed by atoms with Crippen molar-refractivity contribution in [3.63, 3.8) is 0 Å². The number of thiocarbonyl (C=S) groups is 1. The van der Waals surface area contributed by atoms with Crippen LogP contribution in [0, 0.1) is 0 Å². The highest BCUT2D eigenvalue weighted by Gasteiger charge is 2.13. The molecule has 0 spiro atoms. The SMILES string of the molecule is CN(C(=S)Nc1ccc2nc3c4ccccc4c4ccccc4c3nc2c1)c1ccccc1. The van der Waals surface area contributed by atoms with E-state index in [1.165, 1.54) is 10.8 Å². The summed E-state index contributed by atoms with van der Waals surface area (Å²) in [7, 11) is 1.95. The van der Waals surface area contributed by atoms with Crippen molar-refractivity contribution in [1.29, 1.82) is 0 Å². The third kappa shape index (κ3) is 3.34. The third-order valence-electron chi connectivity index (χ3n) is 6.02. The van der Waals surface area contributed by atoms with Crippen LogP contribution in [0.3, 0.4) is 0 Å². The fourth-order valence-electron chi connectivity index (χ4n) is 4.33. The Labute approximate surface area is 196 Å². The monoisotopic (exact) mass is 444 g/mol. The molecule has 6 aromatic rings. The molecule has 0 atom stereocenters. The summed E-state index contributed by atoms with van der Waals surface area (Å²) in [6.07, 6.45) is 0. The minimum absolute atomic E-state index is 0.616. The fourth-order valence-corrected chi connectivity index (χ4v) is 4.56. The largest absolute Gasteiger partial charge is 0.332 e. The zero-order chi connectivity index (χ0) is 22.4. The number of anilines is 2. The van der Waals surface area contributed by atoms with Crippen molar-refractivity contribution in [3.05, 3.63) is 97.1 Å². The zero-order valence-electron chi connectivity index (χ0n) is 18.0. The second-order valence-corrected chi connectivity index (χ2v) is 8.43. The van der Waals surface area contributed by atoms with Gasteiger partial charge in [-0.25, -0.2) is 9.97 Å². The molecule has 6 rings (SSSR count). The molecule has 0 radical (unpaired) electrons. The number of nitrogens with zero attached hydrogens (tertiary/aromatic N) is 3. The van der Waals surface area contributed by atoms with E-state index in [4.69, 9.17) is 22.2 Å². The van der Waals surface area contributed by atoms with Crippen LogP contribution in [0.5, 0.6) is 0 Å². The van der Waals surface area contributed by atoms with Crippen molar-refractivity contribution < 1.29 is 0 Å². The Bertz CT molecular complexity index is 1680. The highest BCUT2D eigenvalue weighted by molar-refractivity contribution is 7.80. The predicted octanol–water partition coefficient (Wildman–Crippen LogP) is 6.92. The molecule has 0 amide bonds. The molecule has 0 aliphatic rings. The third-order valence-corrected chi connectivity index (χ3v) is 6.39. The van der Waals surface area contributed by atoms with Crippen LogP contribution < -0.4 is 10.2 Å². The first-order valence-electron chi connectivity index (χ1n) is 10.8. The normalized spacial score (nSPS) is 11.3. The molecule has 33 heavy (non-hydrogen) atoms. The fraction of sp³-hybridized carbons (Fsp3) is 0.0357. The summed E-state index contributed by atoms with van der Waals surface area (Å²) in [5.41, 5.74) is 5.44. The van der Waals surface area contributed by atoms with Gasteiger partial charge in [0.2, 0.25) is 0 Å². The van der Waals surface area contributed by atoms with Gasteiger partial charge in [0.05, 0.1) is 22.1 Å². The summed E-state index contributed by atoms with van der Waals surface area (Å²) >= 11 is 5.64. The molecule has 5 aromatic carbocycles. The van der Waals surface area contributed by atoms with Crippen molar-refractivity contribution in [2.45, 2.75) is 0 Å². The Hall–Kier alpha value is -4.09. The molecular formula is C28H20N4S. The summed E-state index contributed by atoms with van der Waals surface area (Å²) in [6, 6.07) is 32.9. The van der Waals surface area contributed by atoms with Crippen molar-refractivity contribution in [2.24, 2.45) is 0 Å². The van der Waals surface area contributed by atoms with E-state index in [0.717, 1.165) is 44.2 Å². The van der Waals surface area contributed by atoms with E-state index in [9.17, 15) is 0 Å². The standard InChI is InChI=1S/C28H20N4S/c1-32(19-9-3-2-4-10-19)28(33)29-18-15-16-24-25(17-18)31-27-23-14-8-6-12-21(23)20-11-5-7-13-22(20)26(27)30-24/h2-17H,1H3,(H,29,33). The van der Waals surface area contributed by atoms with Crippen LogP contribution in [0.15, 0.2) is 97.1 Å². The molecule has 0 bridgehead atoms. The number of hydrogen-bond acceptors (Lipinski definition) is 3. The first-order valence-corrected chi connectivity index (χ1v) is 11.2. The molecular weight excluding hydrogens is 424 g/mol. The Morgan fingerprint density at radius 2 is 1.21 bits per heavy atom. The van der Waals surface area contributed by atoms with Crippen molar-refractivity contribution in [3.8, 4) is 0 Å². The van der Waals surface area contributed by atoms with Crippen LogP contribution in [0.4, 0.5) is 11.4 Å². The molecule has 0 aliphatic heterocycles. The number of para-hydroxylation sites is 1. The second-order valence-electron chi connectivity index (χ2n) is 8.04. The maximum Gasteiger partial charge on any atom is 0.177 e. The average Bonchev–Trinajstić information content (AvgIpc) is 2.88. The minimum atomic E-state index is 0.616. The van der Waals surface area contributed by atoms with E-state index in [1.807, 2.05) is 60.5 Å². The maximum atomic E-state index is 5.64. The average molecular weight is 445 g/mol. The summed E-state index contributed by atoms with van der Waals surface area (Å²) in [5, 5.41) is 8.57. The minimum Gasteiger partial charge on any atom is -0.332 e. The molecule has 1 aromatic heterocycles. The van der Waals surface area contributed by atoms with Crippen LogP contribution in [-0.2, 0) is 0 Å². The van der Waals surface area contributed by atoms with Crippen molar-refractivity contribution >= 4 is 72.3 Å². The van der Waals surface area contributed by atoms with E-state index in [0.29, 0.717) is 5.11 Å². The first-order chi connectivity index (χ1) is 16.2. The molecule has 0 saturated carbocycles. The van der Waals surface area contributed by atoms with Gasteiger partial charge >= 0.3 is 0 Å². The van der Waals surface area contributed by atoms with Crippen molar-refractivity contribution in [2.75, 3.05) is 17.3 Å². The van der Waals surface area contributed by atoms with E-state index >= 15 is 0 Å². The smallest absolute Gasteiger partial charge is 0.177 e. The summed E-state index contributed by atoms with van der Waals surface area (Å²) < 4.78 is 0. The van der Waals surface area contributed by atoms with Gasteiger partial charge in [0.1, 0.15) is 0 Å². The van der Waals surface area contributed by atoms with Gasteiger partial charge in [-0.15, -0.1) is 0 Å². The number of hydrogen-bond donors (Lipinski definition) is 1. The van der Waals surface area contributed by atoms with Gasteiger partial charge in [-0.05, 0) is 53.3 Å². The molecule has 0 fully saturated rings. The number of fused-ring (bicyclic) bond motifs is 7. The van der Waals surface area contributed by atoms with Gasteiger partial charge < -0.3 is 10.2 Å². The molecule has 4 nitrogen and oxygen atoms in total. The molecule has 5 heteroatoms. The zero-order valence-corrected chi connectivity index (χ0v) is 18.8. The highest BCUT2D eigenvalue weighted by Crippen LogP contribution is 2.34. The van der Waals surface area contributed by atoms with E-state index in [2.05, 4.69) is 53.8 Å².